The van der Waals surface area contributed by atoms with E-state index in [1.807, 2.05) is 48.5 Å². The van der Waals surface area contributed by atoms with Crippen molar-refractivity contribution in [2.75, 3.05) is 20.3 Å². The van der Waals surface area contributed by atoms with E-state index in [1.54, 1.807) is 13.2 Å². The highest BCUT2D eigenvalue weighted by Crippen LogP contribution is 2.24. The summed E-state index contributed by atoms with van der Waals surface area (Å²) in [4.78, 5) is 11.0. The molecule has 2 aromatic rings. The Kier molecular flexibility index (Phi) is 8.72. The molecule has 0 radical (unpaired) electrons. The molecule has 0 fully saturated rings. The van der Waals surface area contributed by atoms with Crippen LogP contribution in [0.25, 0.3) is 11.1 Å². The van der Waals surface area contributed by atoms with Gasteiger partial charge >= 0.3 is 5.97 Å². The Morgan fingerprint density at radius 1 is 0.852 bits per heavy atom. The quantitative estimate of drug-likeness (QED) is 0.423. The lowest BCUT2D eigenvalue weighted by molar-refractivity contribution is -0.142. The molecule has 0 N–H and O–H groups in total. The van der Waals surface area contributed by atoms with Crippen LogP contribution < -0.4 is 9.47 Å². The molecule has 27 heavy (non-hydrogen) atoms. The van der Waals surface area contributed by atoms with E-state index in [1.165, 1.54) is 0 Å². The maximum Gasteiger partial charge on any atom is 0.320 e. The van der Waals surface area contributed by atoms with E-state index < -0.39 is 5.97 Å². The van der Waals surface area contributed by atoms with Gasteiger partial charge in [-0.2, -0.15) is 5.26 Å². The number of nitrogens with zero attached hydrogens (tertiary/aromatic N) is 1. The van der Waals surface area contributed by atoms with Crippen molar-refractivity contribution in [2.24, 2.45) is 0 Å². The Morgan fingerprint density at radius 2 is 1.41 bits per heavy atom. The fraction of sp³-hybridized carbons (Fsp3) is 0.364. The number of rotatable bonds is 11. The number of unbranched alkanes of at least 4 members (excludes halogenated alkanes) is 3. The molecule has 0 aliphatic heterocycles. The van der Waals surface area contributed by atoms with Crippen LogP contribution in [0.2, 0.25) is 0 Å². The topological polar surface area (TPSA) is 68.6 Å². The van der Waals surface area contributed by atoms with Crippen LogP contribution in [0.5, 0.6) is 11.5 Å². The van der Waals surface area contributed by atoms with Crippen molar-refractivity contribution in [3.8, 4) is 28.7 Å². The molecular formula is C22H25NO4. The highest BCUT2D eigenvalue weighted by molar-refractivity contribution is 5.71. The highest BCUT2D eigenvalue weighted by atomic mass is 16.5. The van der Waals surface area contributed by atoms with E-state index in [0.717, 1.165) is 48.3 Å². The number of esters is 1. The van der Waals surface area contributed by atoms with Gasteiger partial charge in [-0.1, -0.05) is 24.3 Å². The van der Waals surface area contributed by atoms with E-state index >= 15 is 0 Å². The molecule has 5 heteroatoms. The average molecular weight is 367 g/mol. The summed E-state index contributed by atoms with van der Waals surface area (Å²) in [6, 6.07) is 17.8. The molecule has 0 atom stereocenters. The average Bonchev–Trinajstić information content (AvgIpc) is 2.71. The maximum absolute atomic E-state index is 11.0. The van der Waals surface area contributed by atoms with Gasteiger partial charge in [0.25, 0.3) is 0 Å². The molecule has 0 aromatic heterocycles. The fourth-order valence-electron chi connectivity index (χ4n) is 2.58. The summed E-state index contributed by atoms with van der Waals surface area (Å²) < 4.78 is 15.9. The summed E-state index contributed by atoms with van der Waals surface area (Å²) in [5, 5.41) is 8.35. The van der Waals surface area contributed by atoms with Gasteiger partial charge in [0.15, 0.2) is 0 Å². The van der Waals surface area contributed by atoms with Gasteiger partial charge in [-0.25, -0.2) is 0 Å². The smallest absolute Gasteiger partial charge is 0.320 e. The Bertz CT molecular complexity index is 732. The third-order valence-corrected chi connectivity index (χ3v) is 4.07. The van der Waals surface area contributed by atoms with Crippen molar-refractivity contribution in [2.45, 2.75) is 32.1 Å². The third-order valence-electron chi connectivity index (χ3n) is 4.07. The second-order valence-electron chi connectivity index (χ2n) is 6.07. The zero-order valence-corrected chi connectivity index (χ0v) is 15.6. The molecule has 0 saturated carbocycles. The first-order valence-electron chi connectivity index (χ1n) is 9.13. The molecule has 0 unspecified atom stereocenters. The van der Waals surface area contributed by atoms with Gasteiger partial charge in [-0.05, 0) is 61.1 Å². The number of carbonyl (C=O) groups is 1. The zero-order chi connectivity index (χ0) is 19.3. The van der Waals surface area contributed by atoms with E-state index in [-0.39, 0.29) is 6.42 Å². The molecule has 0 aliphatic rings. The first-order valence-corrected chi connectivity index (χ1v) is 9.13. The Morgan fingerprint density at radius 3 is 1.96 bits per heavy atom. The summed E-state index contributed by atoms with van der Waals surface area (Å²) in [5.74, 6) is 1.26. The minimum Gasteiger partial charge on any atom is -0.497 e. The SMILES string of the molecule is COc1ccc(-c2ccc(OCCCCCCOC(=O)CC#N)cc2)cc1. The molecule has 2 aromatic carbocycles. The van der Waals surface area contributed by atoms with Crippen molar-refractivity contribution >= 4 is 5.97 Å². The second kappa shape index (κ2) is 11.6. The number of nitriles is 1. The molecular weight excluding hydrogens is 342 g/mol. The Labute approximate surface area is 160 Å². The van der Waals surface area contributed by atoms with E-state index in [2.05, 4.69) is 0 Å². The third kappa shape index (κ3) is 7.41. The Hall–Kier alpha value is -3.00. The van der Waals surface area contributed by atoms with Crippen LogP contribution in [-0.4, -0.2) is 26.3 Å². The van der Waals surface area contributed by atoms with Crippen LogP contribution in [0.3, 0.4) is 0 Å². The van der Waals surface area contributed by atoms with E-state index in [0.29, 0.717) is 13.2 Å². The molecule has 2 rings (SSSR count). The highest BCUT2D eigenvalue weighted by Gasteiger charge is 2.01. The van der Waals surface area contributed by atoms with Crippen molar-refractivity contribution in [1.29, 1.82) is 5.26 Å². The largest absolute Gasteiger partial charge is 0.497 e. The number of hydrogen-bond acceptors (Lipinski definition) is 5. The van der Waals surface area contributed by atoms with Crippen molar-refractivity contribution in [3.63, 3.8) is 0 Å². The van der Waals surface area contributed by atoms with Crippen LogP contribution in [-0.2, 0) is 9.53 Å². The molecule has 0 spiro atoms. The summed E-state index contributed by atoms with van der Waals surface area (Å²) in [6.07, 6.45) is 3.57. The molecule has 0 bridgehead atoms. The predicted octanol–water partition coefficient (Wildman–Crippen LogP) is 4.76. The number of ether oxygens (including phenoxy) is 3. The lowest BCUT2D eigenvalue weighted by Gasteiger charge is -2.08. The lowest BCUT2D eigenvalue weighted by Crippen LogP contribution is -2.04. The molecule has 5 nitrogen and oxygen atoms in total. The maximum atomic E-state index is 11.0. The first kappa shape index (κ1) is 20.3. The van der Waals surface area contributed by atoms with Gasteiger partial charge in [-0.3, -0.25) is 4.79 Å². The van der Waals surface area contributed by atoms with Crippen molar-refractivity contribution < 1.29 is 19.0 Å². The van der Waals surface area contributed by atoms with Gasteiger partial charge in [0.05, 0.1) is 26.4 Å². The first-order chi connectivity index (χ1) is 13.2. The zero-order valence-electron chi connectivity index (χ0n) is 15.6. The summed E-state index contributed by atoms with van der Waals surface area (Å²) in [7, 11) is 1.66. The monoisotopic (exact) mass is 367 g/mol. The second-order valence-corrected chi connectivity index (χ2v) is 6.07. The van der Waals surface area contributed by atoms with E-state index in [4.69, 9.17) is 19.5 Å². The van der Waals surface area contributed by atoms with Gasteiger partial charge in [-0.15, -0.1) is 0 Å². The molecule has 0 saturated heterocycles. The van der Waals surface area contributed by atoms with Crippen molar-refractivity contribution in [1.82, 2.24) is 0 Å². The summed E-state index contributed by atoms with van der Waals surface area (Å²) in [5.41, 5.74) is 2.27. The standard InChI is InChI=1S/C22H25NO4/c1-25-20-10-6-18(7-11-20)19-8-12-21(13-9-19)26-16-4-2-3-5-17-27-22(24)14-15-23/h6-13H,2-5,14,16-17H2,1H3. The van der Waals surface area contributed by atoms with Gasteiger partial charge in [0.1, 0.15) is 17.9 Å². The lowest BCUT2D eigenvalue weighted by atomic mass is 10.1. The number of benzene rings is 2. The molecule has 0 aliphatic carbocycles. The van der Waals surface area contributed by atoms with Gasteiger partial charge in [0, 0.05) is 0 Å². The Balaban J connectivity index is 1.61. The summed E-state index contributed by atoms with van der Waals surface area (Å²) in [6.45, 7) is 1.05. The van der Waals surface area contributed by atoms with Gasteiger partial charge < -0.3 is 14.2 Å². The summed E-state index contributed by atoms with van der Waals surface area (Å²) >= 11 is 0. The van der Waals surface area contributed by atoms with Crippen molar-refractivity contribution in [3.05, 3.63) is 48.5 Å². The molecule has 0 heterocycles. The van der Waals surface area contributed by atoms with Gasteiger partial charge in [0.2, 0.25) is 0 Å². The van der Waals surface area contributed by atoms with Crippen LogP contribution >= 0.6 is 0 Å². The van der Waals surface area contributed by atoms with Crippen LogP contribution in [0, 0.1) is 11.3 Å². The van der Waals surface area contributed by atoms with Crippen LogP contribution in [0.15, 0.2) is 48.5 Å². The minimum atomic E-state index is -0.445. The number of hydrogen-bond donors (Lipinski definition) is 0. The fourth-order valence-corrected chi connectivity index (χ4v) is 2.58. The molecule has 142 valence electrons. The number of carbonyl (C=O) groups excluding carboxylic acids is 1. The van der Waals surface area contributed by atoms with Crippen LogP contribution in [0.1, 0.15) is 32.1 Å². The van der Waals surface area contributed by atoms with Crippen LogP contribution in [0.4, 0.5) is 0 Å². The predicted molar refractivity (Wildman–Crippen MR) is 104 cm³/mol. The minimum absolute atomic E-state index is 0.176. The normalized spacial score (nSPS) is 10.1. The molecule has 0 amide bonds. The van der Waals surface area contributed by atoms with E-state index in [9.17, 15) is 4.79 Å². The number of methoxy groups -OCH3 is 1.